The van der Waals surface area contributed by atoms with Gasteiger partial charge in [-0.3, -0.25) is 14.5 Å². The van der Waals surface area contributed by atoms with Crippen molar-refractivity contribution in [3.8, 4) is 0 Å². The molecular formula is C25H40F2N4O2. The Kier molecular flexibility index (Phi) is 6.44. The van der Waals surface area contributed by atoms with E-state index in [2.05, 4.69) is 22.5 Å². The van der Waals surface area contributed by atoms with E-state index in [0.29, 0.717) is 31.6 Å². The lowest BCUT2D eigenvalue weighted by molar-refractivity contribution is -0.136. The summed E-state index contributed by atoms with van der Waals surface area (Å²) >= 11 is 0. The first-order chi connectivity index (χ1) is 15.7. The topological polar surface area (TPSA) is 64.7 Å². The van der Waals surface area contributed by atoms with Gasteiger partial charge in [0.05, 0.1) is 6.04 Å². The molecule has 3 aliphatic heterocycles. The van der Waals surface area contributed by atoms with E-state index in [1.165, 1.54) is 0 Å². The number of nitrogens with one attached hydrogen (secondary N) is 2. The van der Waals surface area contributed by atoms with Gasteiger partial charge in [-0.05, 0) is 62.7 Å². The monoisotopic (exact) mass is 466 g/mol. The smallest absolute Gasteiger partial charge is 0.237 e. The first kappa shape index (κ1) is 23.5. The number of alkyl halides is 2. The highest BCUT2D eigenvalue weighted by molar-refractivity contribution is 5.82. The van der Waals surface area contributed by atoms with Gasteiger partial charge in [0.15, 0.2) is 0 Å². The zero-order valence-electron chi connectivity index (χ0n) is 20.1. The van der Waals surface area contributed by atoms with Crippen LogP contribution in [0.3, 0.4) is 0 Å². The molecule has 1 spiro atoms. The number of fused-ring (bicyclic) bond motifs is 1. The lowest BCUT2D eigenvalue weighted by atomic mass is 9.70. The molecule has 8 heteroatoms. The van der Waals surface area contributed by atoms with Gasteiger partial charge in [0.1, 0.15) is 12.3 Å². The van der Waals surface area contributed by atoms with Gasteiger partial charge < -0.3 is 15.5 Å². The molecule has 33 heavy (non-hydrogen) atoms. The van der Waals surface area contributed by atoms with Gasteiger partial charge in [0, 0.05) is 57.1 Å². The molecule has 6 nitrogen and oxygen atoms in total. The van der Waals surface area contributed by atoms with Crippen LogP contribution in [0.25, 0.3) is 0 Å². The van der Waals surface area contributed by atoms with Crippen LogP contribution in [-0.2, 0) is 9.59 Å². The van der Waals surface area contributed by atoms with Gasteiger partial charge in [-0.25, -0.2) is 8.78 Å². The zero-order chi connectivity index (χ0) is 23.3. The Bertz CT molecular complexity index is 733. The highest BCUT2D eigenvalue weighted by Crippen LogP contribution is 2.44. The van der Waals surface area contributed by atoms with Gasteiger partial charge in [0.25, 0.3) is 0 Å². The van der Waals surface area contributed by atoms with Crippen LogP contribution in [0.4, 0.5) is 8.78 Å². The molecule has 5 rings (SSSR count). The summed E-state index contributed by atoms with van der Waals surface area (Å²) in [6.45, 7) is 7.37. The lowest BCUT2D eigenvalue weighted by Gasteiger charge is -2.57. The van der Waals surface area contributed by atoms with Crippen molar-refractivity contribution in [1.29, 1.82) is 0 Å². The van der Waals surface area contributed by atoms with Crippen molar-refractivity contribution >= 4 is 11.8 Å². The van der Waals surface area contributed by atoms with Gasteiger partial charge in [-0.2, -0.15) is 0 Å². The molecule has 0 bridgehead atoms. The van der Waals surface area contributed by atoms with Crippen molar-refractivity contribution in [3.05, 3.63) is 0 Å². The van der Waals surface area contributed by atoms with Crippen molar-refractivity contribution in [2.75, 3.05) is 26.2 Å². The second-order valence-electron chi connectivity index (χ2n) is 11.8. The van der Waals surface area contributed by atoms with Gasteiger partial charge >= 0.3 is 0 Å². The average Bonchev–Trinajstić information content (AvgIpc) is 3.21. The molecule has 2 saturated carbocycles. The first-order valence-electron chi connectivity index (χ1n) is 13.1. The number of hydrogen-bond donors (Lipinski definition) is 2. The lowest BCUT2D eigenvalue weighted by Crippen LogP contribution is -2.65. The van der Waals surface area contributed by atoms with E-state index in [4.69, 9.17) is 0 Å². The molecule has 5 fully saturated rings. The van der Waals surface area contributed by atoms with Crippen LogP contribution in [0.1, 0.15) is 65.2 Å². The Morgan fingerprint density at radius 1 is 1.03 bits per heavy atom. The van der Waals surface area contributed by atoms with Crippen LogP contribution in [0, 0.1) is 17.3 Å². The number of halogens is 2. The van der Waals surface area contributed by atoms with Crippen molar-refractivity contribution < 1.29 is 18.4 Å². The minimum Gasteiger partial charge on any atom is -0.352 e. The molecule has 2 N–H and O–H groups in total. The van der Waals surface area contributed by atoms with Gasteiger partial charge in [-0.1, -0.05) is 6.92 Å². The quantitative estimate of drug-likeness (QED) is 0.671. The van der Waals surface area contributed by atoms with Crippen molar-refractivity contribution in [2.45, 2.75) is 102 Å². The second-order valence-corrected chi connectivity index (χ2v) is 11.8. The Morgan fingerprint density at radius 3 is 2.42 bits per heavy atom. The number of hydrogen-bond acceptors (Lipinski definition) is 4. The van der Waals surface area contributed by atoms with E-state index in [-0.39, 0.29) is 47.3 Å². The zero-order valence-corrected chi connectivity index (χ0v) is 20.1. The van der Waals surface area contributed by atoms with Crippen molar-refractivity contribution in [3.63, 3.8) is 0 Å². The fourth-order valence-corrected chi connectivity index (χ4v) is 7.42. The number of rotatable bonds is 3. The van der Waals surface area contributed by atoms with E-state index in [0.717, 1.165) is 51.9 Å². The van der Waals surface area contributed by atoms with Crippen LogP contribution in [0.2, 0.25) is 0 Å². The maximum Gasteiger partial charge on any atom is 0.237 e. The number of amides is 2. The number of carbonyl (C=O) groups is 2. The molecule has 5 aliphatic rings. The molecule has 0 aromatic rings. The van der Waals surface area contributed by atoms with Crippen LogP contribution in [-0.4, -0.2) is 84.3 Å². The Hall–Kier alpha value is -1.28. The number of carbonyl (C=O) groups excluding carboxylic acids is 2. The molecule has 3 saturated heterocycles. The number of piperidine rings is 1. The second kappa shape index (κ2) is 9.06. The third-order valence-electron chi connectivity index (χ3n) is 9.49. The fourth-order valence-electron chi connectivity index (χ4n) is 7.42. The molecule has 0 aromatic carbocycles. The Morgan fingerprint density at radius 2 is 1.76 bits per heavy atom. The standard InChI is InChI=1S/C25H40F2N4O2/c1-15-3-4-21(27)20-12-22(29-23(15)20)24(33)28-18-9-17(26)10-19(11-18)31-13-25(14-31)5-7-30(8-6-25)16(2)32/h15,17-23,29H,3-14H2,1-2H3,(H,28,33). The average molecular weight is 467 g/mol. The summed E-state index contributed by atoms with van der Waals surface area (Å²) in [7, 11) is 0. The van der Waals surface area contributed by atoms with Crippen LogP contribution in [0.5, 0.6) is 0 Å². The Balaban J connectivity index is 1.12. The molecule has 8 atom stereocenters. The van der Waals surface area contributed by atoms with E-state index in [1.807, 2.05) is 4.90 Å². The largest absolute Gasteiger partial charge is 0.352 e. The van der Waals surface area contributed by atoms with Crippen molar-refractivity contribution in [1.82, 2.24) is 20.4 Å². The summed E-state index contributed by atoms with van der Waals surface area (Å²) in [4.78, 5) is 28.9. The predicted octanol–water partition coefficient (Wildman–Crippen LogP) is 2.42. The van der Waals surface area contributed by atoms with E-state index >= 15 is 0 Å². The van der Waals surface area contributed by atoms with E-state index < -0.39 is 12.3 Å². The van der Waals surface area contributed by atoms with Gasteiger partial charge in [-0.15, -0.1) is 0 Å². The predicted molar refractivity (Wildman–Crippen MR) is 122 cm³/mol. The molecule has 0 aromatic heterocycles. The normalized spacial score (nSPS) is 43.1. The van der Waals surface area contributed by atoms with E-state index in [9.17, 15) is 18.4 Å². The molecular weight excluding hydrogens is 426 g/mol. The third kappa shape index (κ3) is 4.66. The molecule has 186 valence electrons. The summed E-state index contributed by atoms with van der Waals surface area (Å²) in [5, 5.41) is 6.51. The van der Waals surface area contributed by atoms with Gasteiger partial charge in [0.2, 0.25) is 11.8 Å². The minimum absolute atomic E-state index is 0.0734. The Labute approximate surface area is 196 Å². The van der Waals surface area contributed by atoms with Crippen molar-refractivity contribution in [2.24, 2.45) is 17.3 Å². The maximum atomic E-state index is 14.7. The molecule has 3 heterocycles. The summed E-state index contributed by atoms with van der Waals surface area (Å²) in [6.07, 6.45) is 4.01. The molecule has 2 amide bonds. The molecule has 2 aliphatic carbocycles. The van der Waals surface area contributed by atoms with Crippen LogP contribution < -0.4 is 10.6 Å². The first-order valence-corrected chi connectivity index (χ1v) is 13.1. The molecule has 8 unspecified atom stereocenters. The number of nitrogens with zero attached hydrogens (tertiary/aromatic N) is 2. The summed E-state index contributed by atoms with van der Waals surface area (Å²) < 4.78 is 29.1. The van der Waals surface area contributed by atoms with E-state index in [1.54, 1.807) is 6.92 Å². The highest BCUT2D eigenvalue weighted by atomic mass is 19.1. The SMILES string of the molecule is CC(=O)N1CCC2(CC1)CN(C1CC(F)CC(NC(=O)C3CC4C(F)CCC(C)C4N3)C1)C2. The van der Waals surface area contributed by atoms with Crippen LogP contribution >= 0.6 is 0 Å². The van der Waals surface area contributed by atoms with Crippen LogP contribution in [0.15, 0.2) is 0 Å². The minimum atomic E-state index is -0.903. The highest BCUT2D eigenvalue weighted by Gasteiger charge is 2.49. The third-order valence-corrected chi connectivity index (χ3v) is 9.49. The summed E-state index contributed by atoms with van der Waals surface area (Å²) in [6, 6.07) is -0.296. The maximum absolute atomic E-state index is 14.7. The summed E-state index contributed by atoms with van der Waals surface area (Å²) in [5.41, 5.74) is 0.275. The summed E-state index contributed by atoms with van der Waals surface area (Å²) in [5.74, 6) is 0.373. The number of likely N-dealkylation sites (tertiary alicyclic amines) is 2. The molecule has 0 radical (unpaired) electrons. The fraction of sp³-hybridized carbons (Fsp3) is 0.920.